The highest BCUT2D eigenvalue weighted by molar-refractivity contribution is 5.31. The molecule has 6 heteroatoms. The molecule has 1 aliphatic carbocycles. The van der Waals surface area contributed by atoms with Crippen molar-refractivity contribution in [2.45, 2.75) is 25.8 Å². The Hall–Kier alpha value is -1.30. The smallest absolute Gasteiger partial charge is 0.244 e. The zero-order chi connectivity index (χ0) is 11.5. The predicted molar refractivity (Wildman–Crippen MR) is 62.2 cm³/mol. The number of aromatic nitrogens is 3. The summed E-state index contributed by atoms with van der Waals surface area (Å²) in [7, 11) is 1.66. The van der Waals surface area contributed by atoms with E-state index in [-0.39, 0.29) is 0 Å². The summed E-state index contributed by atoms with van der Waals surface area (Å²) in [6.45, 7) is 3.46. The average Bonchev–Trinajstić information content (AvgIpc) is 3.03. The minimum absolute atomic E-state index is 0.352. The van der Waals surface area contributed by atoms with Gasteiger partial charge in [0, 0.05) is 13.7 Å². The first kappa shape index (κ1) is 11.2. The summed E-state index contributed by atoms with van der Waals surface area (Å²) in [6, 6.07) is 0.352. The van der Waals surface area contributed by atoms with Gasteiger partial charge in [0.1, 0.15) is 0 Å². The molecule has 16 heavy (non-hydrogen) atoms. The monoisotopic (exact) mass is 225 g/mol. The van der Waals surface area contributed by atoms with Crippen molar-refractivity contribution in [2.24, 2.45) is 5.92 Å². The third kappa shape index (κ3) is 2.44. The van der Waals surface area contributed by atoms with Crippen molar-refractivity contribution in [3.63, 3.8) is 0 Å². The van der Waals surface area contributed by atoms with Gasteiger partial charge in [-0.15, -0.1) is 5.10 Å². The van der Waals surface area contributed by atoms with Crippen molar-refractivity contribution in [1.82, 2.24) is 14.8 Å². The van der Waals surface area contributed by atoms with Gasteiger partial charge in [0.2, 0.25) is 11.9 Å². The maximum atomic E-state index is 5.83. The Labute approximate surface area is 95.2 Å². The van der Waals surface area contributed by atoms with E-state index >= 15 is 0 Å². The fourth-order valence-electron chi connectivity index (χ4n) is 1.75. The Morgan fingerprint density at radius 3 is 3.00 bits per heavy atom. The SMILES string of the molecule is COCCNc1nc(N)n(C(C)C2CC2)n1. The number of hydrogen-bond donors (Lipinski definition) is 2. The fourth-order valence-corrected chi connectivity index (χ4v) is 1.75. The first-order chi connectivity index (χ1) is 7.72. The van der Waals surface area contributed by atoms with E-state index in [4.69, 9.17) is 10.5 Å². The van der Waals surface area contributed by atoms with E-state index in [0.29, 0.717) is 31.1 Å². The molecule has 0 aromatic carbocycles. The standard InChI is InChI=1S/C10H19N5O/c1-7(8-3-4-8)15-9(11)13-10(14-15)12-5-6-16-2/h7-8H,3-6H2,1-2H3,(H3,11,12,13,14). The molecular formula is C10H19N5O. The van der Waals surface area contributed by atoms with Gasteiger partial charge in [-0.1, -0.05) is 0 Å². The summed E-state index contributed by atoms with van der Waals surface area (Å²) in [6.07, 6.45) is 2.54. The normalized spacial score (nSPS) is 17.4. The van der Waals surface area contributed by atoms with E-state index in [9.17, 15) is 0 Å². The molecule has 1 atom stereocenters. The molecule has 0 bridgehead atoms. The zero-order valence-electron chi connectivity index (χ0n) is 9.81. The molecule has 0 aliphatic heterocycles. The van der Waals surface area contributed by atoms with Crippen LogP contribution in [0, 0.1) is 5.92 Å². The highest BCUT2D eigenvalue weighted by Crippen LogP contribution is 2.39. The van der Waals surface area contributed by atoms with Gasteiger partial charge in [0.15, 0.2) is 0 Å². The zero-order valence-corrected chi connectivity index (χ0v) is 9.81. The van der Waals surface area contributed by atoms with Crippen LogP contribution in [0.15, 0.2) is 0 Å². The van der Waals surface area contributed by atoms with Crippen molar-refractivity contribution >= 4 is 11.9 Å². The highest BCUT2D eigenvalue weighted by atomic mass is 16.5. The molecule has 90 valence electrons. The lowest BCUT2D eigenvalue weighted by Crippen LogP contribution is -2.13. The number of nitrogens with two attached hydrogens (primary N) is 1. The number of nitrogens with zero attached hydrogens (tertiary/aromatic N) is 3. The largest absolute Gasteiger partial charge is 0.383 e. The topological polar surface area (TPSA) is 78.0 Å². The summed E-state index contributed by atoms with van der Waals surface area (Å²) >= 11 is 0. The number of nitrogens with one attached hydrogen (secondary N) is 1. The Balaban J connectivity index is 1.97. The molecule has 1 saturated carbocycles. The molecule has 1 heterocycles. The van der Waals surface area contributed by atoms with Gasteiger partial charge >= 0.3 is 0 Å². The van der Waals surface area contributed by atoms with Gasteiger partial charge < -0.3 is 15.8 Å². The van der Waals surface area contributed by atoms with Crippen LogP contribution in [0.25, 0.3) is 0 Å². The van der Waals surface area contributed by atoms with Crippen LogP contribution in [0.3, 0.4) is 0 Å². The summed E-state index contributed by atoms with van der Waals surface area (Å²) in [4.78, 5) is 4.18. The summed E-state index contributed by atoms with van der Waals surface area (Å²) in [5, 5.41) is 7.43. The lowest BCUT2D eigenvalue weighted by atomic mass is 10.2. The second-order valence-electron chi connectivity index (χ2n) is 4.24. The maximum absolute atomic E-state index is 5.83. The lowest BCUT2D eigenvalue weighted by Gasteiger charge is -2.10. The molecule has 2 rings (SSSR count). The summed E-state index contributed by atoms with van der Waals surface area (Å²) < 4.78 is 6.75. The van der Waals surface area contributed by atoms with Crippen LogP contribution in [0.5, 0.6) is 0 Å². The van der Waals surface area contributed by atoms with Crippen LogP contribution in [-0.2, 0) is 4.74 Å². The fraction of sp³-hybridized carbons (Fsp3) is 0.800. The van der Waals surface area contributed by atoms with E-state index in [1.54, 1.807) is 7.11 Å². The molecular weight excluding hydrogens is 206 g/mol. The van der Waals surface area contributed by atoms with Crippen LogP contribution in [0.1, 0.15) is 25.8 Å². The number of methoxy groups -OCH3 is 1. The first-order valence-electron chi connectivity index (χ1n) is 5.67. The molecule has 3 N–H and O–H groups in total. The molecule has 0 saturated heterocycles. The number of hydrogen-bond acceptors (Lipinski definition) is 5. The summed E-state index contributed by atoms with van der Waals surface area (Å²) in [5.74, 6) is 1.79. The molecule has 0 amide bonds. The minimum atomic E-state index is 0.352. The molecule has 1 fully saturated rings. The van der Waals surface area contributed by atoms with Crippen LogP contribution in [0.4, 0.5) is 11.9 Å². The van der Waals surface area contributed by atoms with E-state index < -0.39 is 0 Å². The maximum Gasteiger partial charge on any atom is 0.244 e. The van der Waals surface area contributed by atoms with Gasteiger partial charge in [0.25, 0.3) is 0 Å². The number of rotatable bonds is 6. The third-order valence-corrected chi connectivity index (χ3v) is 2.94. The predicted octanol–water partition coefficient (Wildman–Crippen LogP) is 0.890. The van der Waals surface area contributed by atoms with Crippen molar-refractivity contribution in [1.29, 1.82) is 0 Å². The lowest BCUT2D eigenvalue weighted by molar-refractivity contribution is 0.210. The molecule has 0 spiro atoms. The van der Waals surface area contributed by atoms with Crippen molar-refractivity contribution in [2.75, 3.05) is 31.3 Å². The Morgan fingerprint density at radius 1 is 1.62 bits per heavy atom. The van der Waals surface area contributed by atoms with Crippen molar-refractivity contribution in [3.8, 4) is 0 Å². The van der Waals surface area contributed by atoms with Crippen LogP contribution in [-0.4, -0.2) is 35.0 Å². The summed E-state index contributed by atoms with van der Waals surface area (Å²) in [5.41, 5.74) is 5.83. The van der Waals surface area contributed by atoms with Gasteiger partial charge in [0.05, 0.1) is 12.6 Å². The minimum Gasteiger partial charge on any atom is -0.383 e. The molecule has 6 nitrogen and oxygen atoms in total. The van der Waals surface area contributed by atoms with E-state index in [2.05, 4.69) is 22.3 Å². The van der Waals surface area contributed by atoms with E-state index in [1.165, 1.54) is 12.8 Å². The van der Waals surface area contributed by atoms with Gasteiger partial charge in [-0.05, 0) is 25.7 Å². The average molecular weight is 225 g/mol. The van der Waals surface area contributed by atoms with E-state index in [1.807, 2.05) is 4.68 Å². The number of nitrogen functional groups attached to an aromatic ring is 1. The van der Waals surface area contributed by atoms with E-state index in [0.717, 1.165) is 5.92 Å². The van der Waals surface area contributed by atoms with Crippen LogP contribution in [0.2, 0.25) is 0 Å². The molecule has 1 aromatic rings. The second-order valence-corrected chi connectivity index (χ2v) is 4.24. The highest BCUT2D eigenvalue weighted by Gasteiger charge is 2.31. The quantitative estimate of drug-likeness (QED) is 0.703. The Bertz CT molecular complexity index is 347. The van der Waals surface area contributed by atoms with Gasteiger partial charge in [-0.3, -0.25) is 0 Å². The van der Waals surface area contributed by atoms with Crippen LogP contribution >= 0.6 is 0 Å². The number of ether oxygens (including phenoxy) is 1. The third-order valence-electron chi connectivity index (χ3n) is 2.94. The van der Waals surface area contributed by atoms with Crippen molar-refractivity contribution < 1.29 is 4.74 Å². The Morgan fingerprint density at radius 2 is 2.38 bits per heavy atom. The second kappa shape index (κ2) is 4.69. The molecule has 1 aromatic heterocycles. The molecule has 1 unspecified atom stereocenters. The van der Waals surface area contributed by atoms with Gasteiger partial charge in [-0.2, -0.15) is 4.98 Å². The number of anilines is 2. The van der Waals surface area contributed by atoms with Crippen LogP contribution < -0.4 is 11.1 Å². The van der Waals surface area contributed by atoms with Gasteiger partial charge in [-0.25, -0.2) is 4.68 Å². The molecule has 0 radical (unpaired) electrons. The Kier molecular flexibility index (Phi) is 3.28. The molecule has 1 aliphatic rings. The van der Waals surface area contributed by atoms with Crippen molar-refractivity contribution in [3.05, 3.63) is 0 Å². The first-order valence-corrected chi connectivity index (χ1v) is 5.67.